The molecule has 1 aromatic heterocycles. The molecule has 9 heteroatoms. The second-order valence-electron chi connectivity index (χ2n) is 7.60. The number of hydrogen-bond donors (Lipinski definition) is 1. The Bertz CT molecular complexity index is 879. The van der Waals surface area contributed by atoms with E-state index in [1.807, 2.05) is 30.5 Å². The number of carboxylic acid groups (broad SMARTS) is 1. The van der Waals surface area contributed by atoms with Crippen LogP contribution in [0.4, 0.5) is 0 Å². The Labute approximate surface area is 179 Å². The maximum Gasteiger partial charge on any atom is 0.325 e. The summed E-state index contributed by atoms with van der Waals surface area (Å²) in [4.78, 5) is 30.0. The number of cyclic esters (lactones) is 1. The van der Waals surface area contributed by atoms with E-state index in [9.17, 15) is 14.7 Å². The van der Waals surface area contributed by atoms with Crippen LogP contribution in [0.15, 0.2) is 30.7 Å². The molecule has 0 unspecified atom stereocenters. The van der Waals surface area contributed by atoms with Gasteiger partial charge in [-0.1, -0.05) is 37.0 Å². The van der Waals surface area contributed by atoms with Crippen LogP contribution in [-0.4, -0.2) is 50.3 Å². The number of esters is 1. The van der Waals surface area contributed by atoms with Gasteiger partial charge in [-0.2, -0.15) is 0 Å². The second-order valence-corrected chi connectivity index (χ2v) is 8.47. The van der Waals surface area contributed by atoms with E-state index in [0.29, 0.717) is 29.4 Å². The minimum Gasteiger partial charge on any atom is -0.480 e. The molecule has 0 amide bonds. The van der Waals surface area contributed by atoms with Gasteiger partial charge in [0.15, 0.2) is 0 Å². The quantitative estimate of drug-likeness (QED) is 0.633. The SMILES string of the molecule is CC(C)C[C@@H](C(=O)O)N1COC(=O)[C@@H]1Cc1cncn1Cc1cc(Cl)cc(Cl)c1. The van der Waals surface area contributed by atoms with Crippen molar-refractivity contribution in [1.82, 2.24) is 14.5 Å². The summed E-state index contributed by atoms with van der Waals surface area (Å²) in [5.41, 5.74) is 1.69. The van der Waals surface area contributed by atoms with Crippen molar-refractivity contribution in [2.75, 3.05) is 6.73 Å². The summed E-state index contributed by atoms with van der Waals surface area (Å²) >= 11 is 12.2. The average Bonchev–Trinajstić information content (AvgIpc) is 3.19. The fourth-order valence-corrected chi connectivity index (χ4v) is 4.12. The van der Waals surface area contributed by atoms with Crippen molar-refractivity contribution in [1.29, 1.82) is 0 Å². The molecule has 1 fully saturated rings. The summed E-state index contributed by atoms with van der Waals surface area (Å²) < 4.78 is 7.08. The topological polar surface area (TPSA) is 84.7 Å². The Morgan fingerprint density at radius 2 is 2.00 bits per heavy atom. The molecule has 1 aromatic carbocycles. The second kappa shape index (κ2) is 9.15. The minimum atomic E-state index is -0.955. The number of hydrogen-bond acceptors (Lipinski definition) is 5. The number of aliphatic carboxylic acids is 1. The van der Waals surface area contributed by atoms with Crippen molar-refractivity contribution in [2.45, 2.75) is 45.3 Å². The molecule has 1 N–H and O–H groups in total. The molecule has 0 aliphatic carbocycles. The van der Waals surface area contributed by atoms with E-state index in [4.69, 9.17) is 27.9 Å². The highest BCUT2D eigenvalue weighted by Crippen LogP contribution is 2.24. The Morgan fingerprint density at radius 3 is 2.62 bits per heavy atom. The standard InChI is InChI=1S/C20H23Cl2N3O4/c1-12(2)3-17(19(26)27)25-11-29-20(28)18(25)7-16-8-23-10-24(16)9-13-4-14(21)6-15(22)5-13/h4-6,8,10,12,17-18H,3,7,9,11H2,1-2H3,(H,26,27)/t17-,18-/m0/s1. The third kappa shape index (κ3) is 5.29. The Kier molecular flexibility index (Phi) is 6.82. The van der Waals surface area contributed by atoms with Crippen LogP contribution in [0.5, 0.6) is 0 Å². The summed E-state index contributed by atoms with van der Waals surface area (Å²) in [6.45, 7) is 4.36. The minimum absolute atomic E-state index is 0.0226. The molecule has 0 bridgehead atoms. The fraction of sp³-hybridized carbons (Fsp3) is 0.450. The maximum atomic E-state index is 12.4. The Morgan fingerprint density at radius 1 is 1.31 bits per heavy atom. The molecule has 1 aliphatic heterocycles. The van der Waals surface area contributed by atoms with Gasteiger partial charge in [0.25, 0.3) is 0 Å². The lowest BCUT2D eigenvalue weighted by atomic mass is 10.0. The van der Waals surface area contributed by atoms with Gasteiger partial charge in [-0.3, -0.25) is 9.59 Å². The fourth-order valence-electron chi connectivity index (χ4n) is 3.55. The first kappa shape index (κ1) is 21.6. The van der Waals surface area contributed by atoms with Crippen LogP contribution in [0.2, 0.25) is 10.0 Å². The van der Waals surface area contributed by atoms with Crippen molar-refractivity contribution in [3.8, 4) is 0 Å². The van der Waals surface area contributed by atoms with E-state index in [-0.39, 0.29) is 12.6 Å². The zero-order valence-electron chi connectivity index (χ0n) is 16.2. The number of rotatable bonds is 8. The smallest absolute Gasteiger partial charge is 0.325 e. The van der Waals surface area contributed by atoms with E-state index in [0.717, 1.165) is 11.3 Å². The molecule has 7 nitrogen and oxygen atoms in total. The van der Waals surface area contributed by atoms with E-state index >= 15 is 0 Å². The van der Waals surface area contributed by atoms with Gasteiger partial charge in [0.1, 0.15) is 18.8 Å². The number of carbonyl (C=O) groups is 2. The lowest BCUT2D eigenvalue weighted by Crippen LogP contribution is -2.47. The van der Waals surface area contributed by atoms with Gasteiger partial charge in [0.05, 0.1) is 6.33 Å². The third-order valence-electron chi connectivity index (χ3n) is 4.88. The van der Waals surface area contributed by atoms with Crippen LogP contribution in [0.25, 0.3) is 0 Å². The molecule has 2 aromatic rings. The van der Waals surface area contributed by atoms with Gasteiger partial charge < -0.3 is 14.4 Å². The maximum absolute atomic E-state index is 12.4. The van der Waals surface area contributed by atoms with Crippen molar-refractivity contribution in [3.05, 3.63) is 52.0 Å². The molecular weight excluding hydrogens is 417 g/mol. The molecule has 0 radical (unpaired) electrons. The summed E-state index contributed by atoms with van der Waals surface area (Å²) in [6, 6.07) is 3.84. The third-order valence-corrected chi connectivity index (χ3v) is 5.32. The highest BCUT2D eigenvalue weighted by molar-refractivity contribution is 6.34. The number of carbonyl (C=O) groups excluding carboxylic acids is 1. The van der Waals surface area contributed by atoms with Crippen LogP contribution in [0, 0.1) is 5.92 Å². The molecule has 2 heterocycles. The van der Waals surface area contributed by atoms with Crippen molar-refractivity contribution in [3.63, 3.8) is 0 Å². The molecule has 3 rings (SSSR count). The zero-order chi connectivity index (χ0) is 21.1. The van der Waals surface area contributed by atoms with Crippen LogP contribution in [0.1, 0.15) is 31.5 Å². The lowest BCUT2D eigenvalue weighted by Gasteiger charge is -2.27. The van der Waals surface area contributed by atoms with Gasteiger partial charge in [-0.05, 0) is 36.1 Å². The molecule has 1 aliphatic rings. The first-order chi connectivity index (χ1) is 13.7. The van der Waals surface area contributed by atoms with Crippen molar-refractivity contribution >= 4 is 35.1 Å². The van der Waals surface area contributed by atoms with Crippen LogP contribution in [0.3, 0.4) is 0 Å². The molecule has 2 atom stereocenters. The molecule has 156 valence electrons. The first-order valence-corrected chi connectivity index (χ1v) is 10.1. The molecule has 1 saturated heterocycles. The highest BCUT2D eigenvalue weighted by atomic mass is 35.5. The van der Waals surface area contributed by atoms with E-state index in [1.165, 1.54) is 0 Å². The van der Waals surface area contributed by atoms with Gasteiger partial charge in [0.2, 0.25) is 0 Å². The Hall–Kier alpha value is -2.09. The van der Waals surface area contributed by atoms with Crippen molar-refractivity contribution in [2.24, 2.45) is 5.92 Å². The lowest BCUT2D eigenvalue weighted by molar-refractivity contribution is -0.145. The van der Waals surface area contributed by atoms with Crippen molar-refractivity contribution < 1.29 is 19.4 Å². The largest absolute Gasteiger partial charge is 0.480 e. The number of aromatic nitrogens is 2. The number of ether oxygens (including phenoxy) is 1. The molecular formula is C20H23Cl2N3O4. The predicted octanol–water partition coefficient (Wildman–Crippen LogP) is 3.46. The van der Waals surface area contributed by atoms with Crippen LogP contribution >= 0.6 is 23.2 Å². The summed E-state index contributed by atoms with van der Waals surface area (Å²) in [6.07, 6.45) is 4.07. The van der Waals surface area contributed by atoms with Crippen LogP contribution < -0.4 is 0 Å². The van der Waals surface area contributed by atoms with E-state index < -0.39 is 24.0 Å². The number of benzene rings is 1. The number of carboxylic acids is 1. The number of halogens is 2. The molecule has 0 spiro atoms. The van der Waals surface area contributed by atoms with E-state index in [1.54, 1.807) is 23.5 Å². The van der Waals surface area contributed by atoms with Gasteiger partial charge in [-0.15, -0.1) is 0 Å². The summed E-state index contributed by atoms with van der Waals surface area (Å²) in [5, 5.41) is 10.7. The number of imidazole rings is 1. The van der Waals surface area contributed by atoms with Crippen LogP contribution in [-0.2, 0) is 27.3 Å². The van der Waals surface area contributed by atoms with Gasteiger partial charge in [0, 0.05) is 34.9 Å². The van der Waals surface area contributed by atoms with Gasteiger partial charge >= 0.3 is 11.9 Å². The average molecular weight is 440 g/mol. The zero-order valence-corrected chi connectivity index (χ0v) is 17.7. The summed E-state index contributed by atoms with van der Waals surface area (Å²) in [7, 11) is 0. The highest BCUT2D eigenvalue weighted by Gasteiger charge is 2.42. The normalized spacial score (nSPS) is 18.2. The monoisotopic (exact) mass is 439 g/mol. The predicted molar refractivity (Wildman–Crippen MR) is 109 cm³/mol. The molecule has 29 heavy (non-hydrogen) atoms. The molecule has 0 saturated carbocycles. The summed E-state index contributed by atoms with van der Waals surface area (Å²) in [5.74, 6) is -1.20. The first-order valence-electron chi connectivity index (χ1n) is 9.33. The van der Waals surface area contributed by atoms with Gasteiger partial charge in [-0.25, -0.2) is 9.88 Å². The van der Waals surface area contributed by atoms with E-state index in [2.05, 4.69) is 4.98 Å². The Balaban J connectivity index is 1.80. The number of nitrogens with zero attached hydrogens (tertiary/aromatic N) is 3.